The highest BCUT2D eigenvalue weighted by Crippen LogP contribution is 2.30. The standard InChI is InChI=1S/C10H8Br2N2O2S2/c1-6-7(5-9(12)17-6)18(15,16)14-10-4-2-3-8(11)13-10/h2-5H,1H3,(H,13,14). The first-order valence-electron chi connectivity index (χ1n) is 4.80. The van der Waals surface area contributed by atoms with Crippen LogP contribution in [0.25, 0.3) is 0 Å². The van der Waals surface area contributed by atoms with Crippen LogP contribution in [0.5, 0.6) is 0 Å². The van der Waals surface area contributed by atoms with Gasteiger partial charge >= 0.3 is 0 Å². The van der Waals surface area contributed by atoms with Gasteiger partial charge in [0.25, 0.3) is 10.0 Å². The zero-order chi connectivity index (χ0) is 13.3. The Morgan fingerprint density at radius 1 is 1.33 bits per heavy atom. The maximum Gasteiger partial charge on any atom is 0.264 e. The van der Waals surface area contributed by atoms with Crippen molar-refractivity contribution in [2.24, 2.45) is 0 Å². The first-order chi connectivity index (χ1) is 8.38. The molecule has 0 unspecified atom stereocenters. The lowest BCUT2D eigenvalue weighted by molar-refractivity contribution is 0.601. The van der Waals surface area contributed by atoms with Gasteiger partial charge in [-0.25, -0.2) is 13.4 Å². The van der Waals surface area contributed by atoms with Gasteiger partial charge in [-0.1, -0.05) is 6.07 Å². The molecule has 0 fully saturated rings. The Morgan fingerprint density at radius 3 is 2.61 bits per heavy atom. The molecule has 8 heteroatoms. The summed E-state index contributed by atoms with van der Waals surface area (Å²) < 4.78 is 28.1. The van der Waals surface area contributed by atoms with Crippen molar-refractivity contribution in [3.05, 3.63) is 37.5 Å². The number of hydrogen-bond acceptors (Lipinski definition) is 4. The topological polar surface area (TPSA) is 59.1 Å². The van der Waals surface area contributed by atoms with E-state index in [2.05, 4.69) is 41.6 Å². The van der Waals surface area contributed by atoms with Gasteiger partial charge in [-0.05, 0) is 57.0 Å². The van der Waals surface area contributed by atoms with Crippen molar-refractivity contribution in [1.29, 1.82) is 0 Å². The molecule has 1 N–H and O–H groups in total. The smallest absolute Gasteiger partial charge is 0.263 e. The molecule has 0 aliphatic carbocycles. The summed E-state index contributed by atoms with van der Waals surface area (Å²) in [5.74, 6) is 0.283. The molecular formula is C10H8Br2N2O2S2. The van der Waals surface area contributed by atoms with Crippen LogP contribution in [0, 0.1) is 6.92 Å². The van der Waals surface area contributed by atoms with Crippen LogP contribution < -0.4 is 4.72 Å². The molecule has 2 heterocycles. The van der Waals surface area contributed by atoms with Crippen molar-refractivity contribution < 1.29 is 8.42 Å². The lowest BCUT2D eigenvalue weighted by atomic mass is 10.5. The van der Waals surface area contributed by atoms with Crippen LogP contribution >= 0.6 is 43.2 Å². The summed E-state index contributed by atoms with van der Waals surface area (Å²) in [6.07, 6.45) is 0. The molecule has 0 amide bonds. The second-order valence-corrected chi connectivity index (χ2v) is 8.52. The number of nitrogens with one attached hydrogen (secondary N) is 1. The first-order valence-corrected chi connectivity index (χ1v) is 8.68. The molecule has 0 aliphatic rings. The molecular weight excluding hydrogens is 404 g/mol. The summed E-state index contributed by atoms with van der Waals surface area (Å²) >= 11 is 7.85. The fraction of sp³-hybridized carbons (Fsp3) is 0.100. The lowest BCUT2D eigenvalue weighted by Crippen LogP contribution is -2.14. The molecule has 18 heavy (non-hydrogen) atoms. The number of hydrogen-bond donors (Lipinski definition) is 1. The largest absolute Gasteiger partial charge is 0.264 e. The van der Waals surface area contributed by atoms with E-state index in [1.165, 1.54) is 11.3 Å². The summed E-state index contributed by atoms with van der Waals surface area (Å²) in [7, 11) is -3.59. The molecule has 4 nitrogen and oxygen atoms in total. The third kappa shape index (κ3) is 3.11. The van der Waals surface area contributed by atoms with E-state index in [1.807, 2.05) is 0 Å². The third-order valence-corrected chi connectivity index (χ3v) is 5.69. The predicted molar refractivity (Wildman–Crippen MR) is 79.5 cm³/mol. The number of sulfonamides is 1. The molecule has 0 bridgehead atoms. The molecule has 0 saturated heterocycles. The van der Waals surface area contributed by atoms with Crippen LogP contribution in [0.15, 0.2) is 37.6 Å². The lowest BCUT2D eigenvalue weighted by Gasteiger charge is -2.06. The Bertz CT molecular complexity index is 683. The Balaban J connectivity index is 2.36. The second-order valence-electron chi connectivity index (χ2n) is 3.42. The van der Waals surface area contributed by atoms with Crippen LogP contribution in [0.2, 0.25) is 0 Å². The maximum atomic E-state index is 12.2. The molecule has 0 radical (unpaired) electrons. The van der Waals surface area contributed by atoms with Crippen LogP contribution in [-0.2, 0) is 10.0 Å². The highest BCUT2D eigenvalue weighted by atomic mass is 79.9. The molecule has 0 spiro atoms. The summed E-state index contributed by atoms with van der Waals surface area (Å²) in [4.78, 5) is 5.03. The predicted octanol–water partition coefficient (Wildman–Crippen LogP) is 3.78. The number of rotatable bonds is 3. The fourth-order valence-electron chi connectivity index (χ4n) is 1.36. The Kier molecular flexibility index (Phi) is 4.10. The first kappa shape index (κ1) is 14.0. The number of anilines is 1. The van der Waals surface area contributed by atoms with Gasteiger partial charge in [-0.3, -0.25) is 4.72 Å². The minimum Gasteiger partial charge on any atom is -0.263 e. The minimum atomic E-state index is -3.59. The van der Waals surface area contributed by atoms with Gasteiger partial charge in [0, 0.05) is 4.88 Å². The Hall–Kier alpha value is -0.440. The highest BCUT2D eigenvalue weighted by Gasteiger charge is 2.20. The Morgan fingerprint density at radius 2 is 2.06 bits per heavy atom. The molecule has 0 saturated carbocycles. The van der Waals surface area contributed by atoms with E-state index >= 15 is 0 Å². The molecule has 2 aromatic heterocycles. The van der Waals surface area contributed by atoms with Crippen molar-refractivity contribution >= 4 is 59.0 Å². The molecule has 0 atom stereocenters. The van der Waals surface area contributed by atoms with E-state index in [1.54, 1.807) is 31.2 Å². The normalized spacial score (nSPS) is 11.5. The molecule has 2 aromatic rings. The SMILES string of the molecule is Cc1sc(Br)cc1S(=O)(=O)Nc1cccc(Br)n1. The van der Waals surface area contributed by atoms with Gasteiger partial charge in [-0.2, -0.15) is 0 Å². The molecule has 96 valence electrons. The second kappa shape index (κ2) is 5.28. The van der Waals surface area contributed by atoms with Crippen LogP contribution in [-0.4, -0.2) is 13.4 Å². The third-order valence-electron chi connectivity index (χ3n) is 2.09. The van der Waals surface area contributed by atoms with Gasteiger partial charge in [0.15, 0.2) is 0 Å². The van der Waals surface area contributed by atoms with E-state index in [-0.39, 0.29) is 10.7 Å². The zero-order valence-corrected chi connectivity index (χ0v) is 14.0. The zero-order valence-electron chi connectivity index (χ0n) is 9.15. The van der Waals surface area contributed by atoms with Gasteiger partial charge in [-0.15, -0.1) is 11.3 Å². The number of halogens is 2. The molecule has 0 aliphatic heterocycles. The maximum absolute atomic E-state index is 12.2. The Labute approximate surface area is 126 Å². The highest BCUT2D eigenvalue weighted by molar-refractivity contribution is 9.11. The van der Waals surface area contributed by atoms with Gasteiger partial charge < -0.3 is 0 Å². The summed E-state index contributed by atoms with van der Waals surface area (Å²) in [5, 5.41) is 0. The van der Waals surface area contributed by atoms with E-state index in [0.717, 1.165) is 8.66 Å². The monoisotopic (exact) mass is 410 g/mol. The molecule has 2 rings (SSSR count). The van der Waals surface area contributed by atoms with Gasteiger partial charge in [0.1, 0.15) is 15.3 Å². The van der Waals surface area contributed by atoms with Crippen LogP contribution in [0.3, 0.4) is 0 Å². The quantitative estimate of drug-likeness (QED) is 0.781. The number of nitrogens with zero attached hydrogens (tertiary/aromatic N) is 1. The van der Waals surface area contributed by atoms with Crippen molar-refractivity contribution in [1.82, 2.24) is 4.98 Å². The minimum absolute atomic E-state index is 0.265. The number of pyridine rings is 1. The van der Waals surface area contributed by atoms with Crippen molar-refractivity contribution in [2.75, 3.05) is 4.72 Å². The number of aromatic nitrogens is 1. The summed E-state index contributed by atoms with van der Waals surface area (Å²) in [6, 6.07) is 6.62. The van der Waals surface area contributed by atoms with Gasteiger partial charge in [0.05, 0.1) is 3.79 Å². The van der Waals surface area contributed by atoms with Crippen molar-refractivity contribution in [3.8, 4) is 0 Å². The van der Waals surface area contributed by atoms with Crippen molar-refractivity contribution in [3.63, 3.8) is 0 Å². The molecule has 0 aromatic carbocycles. The summed E-state index contributed by atoms with van der Waals surface area (Å²) in [6.45, 7) is 1.76. The number of aryl methyl sites for hydroxylation is 1. The fourth-order valence-corrected chi connectivity index (χ4v) is 5.12. The average molecular weight is 412 g/mol. The number of thiophene rings is 1. The van der Waals surface area contributed by atoms with E-state index in [9.17, 15) is 8.42 Å². The average Bonchev–Trinajstić information content (AvgIpc) is 2.58. The van der Waals surface area contributed by atoms with Gasteiger partial charge in [0.2, 0.25) is 0 Å². The van der Waals surface area contributed by atoms with Crippen LogP contribution in [0.1, 0.15) is 4.88 Å². The van der Waals surface area contributed by atoms with Crippen LogP contribution in [0.4, 0.5) is 5.82 Å². The van der Waals surface area contributed by atoms with E-state index in [4.69, 9.17) is 0 Å². The summed E-state index contributed by atoms with van der Waals surface area (Å²) in [5.41, 5.74) is 0. The van der Waals surface area contributed by atoms with E-state index < -0.39 is 10.0 Å². The van der Waals surface area contributed by atoms with E-state index in [0.29, 0.717) is 4.60 Å². The van der Waals surface area contributed by atoms with Crippen molar-refractivity contribution in [2.45, 2.75) is 11.8 Å².